The standard InChI is InChI=1S/C20H40O2.C4H6O4/c1-4-6-7-8-9-10-11-12-13-14-15-16-18-22-20(17-5-2)19-21-3;5-3(6)1-2-4(7)8/h19H,4-18H2,1-3H3;1-2H2,(H,5,6)(H,7,8). The summed E-state index contributed by atoms with van der Waals surface area (Å²) in [7, 11) is 1.68. The second-order valence-corrected chi connectivity index (χ2v) is 7.59. The third kappa shape index (κ3) is 28.5. The first-order chi connectivity index (χ1) is 14.5. The van der Waals surface area contributed by atoms with Gasteiger partial charge < -0.3 is 19.7 Å². The lowest BCUT2D eigenvalue weighted by molar-refractivity contribution is -0.143. The van der Waals surface area contributed by atoms with Crippen LogP contribution in [0.15, 0.2) is 12.0 Å². The molecule has 0 saturated heterocycles. The van der Waals surface area contributed by atoms with E-state index in [1.54, 1.807) is 13.4 Å². The van der Waals surface area contributed by atoms with Crippen molar-refractivity contribution >= 4 is 11.9 Å². The van der Waals surface area contributed by atoms with Crippen molar-refractivity contribution < 1.29 is 29.3 Å². The van der Waals surface area contributed by atoms with Gasteiger partial charge >= 0.3 is 11.9 Å². The van der Waals surface area contributed by atoms with Gasteiger partial charge in [0.05, 0.1) is 26.6 Å². The number of hydrogen-bond donors (Lipinski definition) is 2. The smallest absolute Gasteiger partial charge is 0.303 e. The van der Waals surface area contributed by atoms with Crippen LogP contribution >= 0.6 is 0 Å². The number of methoxy groups -OCH3 is 1. The summed E-state index contributed by atoms with van der Waals surface area (Å²) in [6.07, 6.45) is 19.8. The van der Waals surface area contributed by atoms with Gasteiger partial charge in [0.15, 0.2) is 0 Å². The molecule has 0 aliphatic rings. The summed E-state index contributed by atoms with van der Waals surface area (Å²) in [5.41, 5.74) is 0. The first kappa shape index (κ1) is 30.5. The molecule has 0 rings (SSSR count). The van der Waals surface area contributed by atoms with E-state index in [4.69, 9.17) is 19.7 Å². The van der Waals surface area contributed by atoms with Gasteiger partial charge in [-0.3, -0.25) is 9.59 Å². The Morgan fingerprint density at radius 2 is 1.10 bits per heavy atom. The van der Waals surface area contributed by atoms with Crippen LogP contribution in [0.4, 0.5) is 0 Å². The van der Waals surface area contributed by atoms with Crippen molar-refractivity contribution in [3.63, 3.8) is 0 Å². The zero-order chi connectivity index (χ0) is 22.9. The van der Waals surface area contributed by atoms with E-state index in [1.807, 2.05) is 0 Å². The zero-order valence-corrected chi connectivity index (χ0v) is 19.6. The van der Waals surface area contributed by atoms with E-state index in [0.29, 0.717) is 0 Å². The number of rotatable bonds is 20. The third-order valence-corrected chi connectivity index (χ3v) is 4.58. The molecule has 0 aromatic heterocycles. The van der Waals surface area contributed by atoms with Crippen LogP contribution in [0, 0.1) is 0 Å². The van der Waals surface area contributed by atoms with Crippen molar-refractivity contribution in [1.29, 1.82) is 0 Å². The SMILES string of the molecule is CCCCCCCCCCCCCCOC(=COC)CCC.O=C(O)CCC(=O)O. The van der Waals surface area contributed by atoms with Gasteiger partial charge in [-0.05, 0) is 12.8 Å². The normalized spacial score (nSPS) is 10.8. The highest BCUT2D eigenvalue weighted by atomic mass is 16.5. The summed E-state index contributed by atoms with van der Waals surface area (Å²) in [5.74, 6) is -1.16. The van der Waals surface area contributed by atoms with E-state index in [9.17, 15) is 9.59 Å². The molecule has 0 atom stereocenters. The van der Waals surface area contributed by atoms with Gasteiger partial charge in [0.1, 0.15) is 12.0 Å². The fourth-order valence-corrected chi connectivity index (χ4v) is 2.90. The van der Waals surface area contributed by atoms with Gasteiger partial charge in [0.2, 0.25) is 0 Å². The summed E-state index contributed by atoms with van der Waals surface area (Å²) in [4.78, 5) is 19.3. The van der Waals surface area contributed by atoms with Gasteiger partial charge in [-0.25, -0.2) is 0 Å². The maximum atomic E-state index is 9.64. The minimum Gasteiger partial charge on any atom is -0.501 e. The van der Waals surface area contributed by atoms with E-state index >= 15 is 0 Å². The molecule has 0 fully saturated rings. The highest BCUT2D eigenvalue weighted by molar-refractivity contribution is 5.75. The summed E-state index contributed by atoms with van der Waals surface area (Å²) < 4.78 is 10.8. The second kappa shape index (κ2) is 25.3. The molecule has 178 valence electrons. The van der Waals surface area contributed by atoms with Crippen LogP contribution in [0.1, 0.15) is 117 Å². The van der Waals surface area contributed by atoms with Gasteiger partial charge in [-0.1, -0.05) is 84.5 Å². The molecule has 6 heteroatoms. The Morgan fingerprint density at radius 3 is 1.47 bits per heavy atom. The molecule has 0 spiro atoms. The van der Waals surface area contributed by atoms with Crippen LogP contribution in [0.5, 0.6) is 0 Å². The largest absolute Gasteiger partial charge is 0.501 e. The van der Waals surface area contributed by atoms with Crippen LogP contribution in [0.25, 0.3) is 0 Å². The highest BCUT2D eigenvalue weighted by Gasteiger charge is 2.00. The Balaban J connectivity index is 0. The van der Waals surface area contributed by atoms with Gasteiger partial charge in [-0.15, -0.1) is 0 Å². The maximum Gasteiger partial charge on any atom is 0.303 e. The quantitative estimate of drug-likeness (QED) is 0.161. The Hall–Kier alpha value is -1.72. The third-order valence-electron chi connectivity index (χ3n) is 4.58. The molecule has 0 aromatic carbocycles. The van der Waals surface area contributed by atoms with Crippen molar-refractivity contribution in [3.8, 4) is 0 Å². The number of hydrogen-bond acceptors (Lipinski definition) is 4. The zero-order valence-electron chi connectivity index (χ0n) is 19.6. The van der Waals surface area contributed by atoms with Crippen LogP contribution in [-0.4, -0.2) is 35.9 Å². The lowest BCUT2D eigenvalue weighted by Gasteiger charge is -2.09. The van der Waals surface area contributed by atoms with E-state index in [-0.39, 0.29) is 12.8 Å². The van der Waals surface area contributed by atoms with Crippen LogP contribution in [-0.2, 0) is 19.1 Å². The fraction of sp³-hybridized carbons (Fsp3) is 0.833. The fourth-order valence-electron chi connectivity index (χ4n) is 2.90. The average molecular weight is 431 g/mol. The minimum atomic E-state index is -1.08. The molecule has 0 aliphatic heterocycles. The molecule has 0 bridgehead atoms. The lowest BCUT2D eigenvalue weighted by Crippen LogP contribution is -2.00. The lowest BCUT2D eigenvalue weighted by atomic mass is 10.1. The molecular formula is C24H46O6. The monoisotopic (exact) mass is 430 g/mol. The molecular weight excluding hydrogens is 384 g/mol. The molecule has 0 radical (unpaired) electrons. The first-order valence-corrected chi connectivity index (χ1v) is 11.8. The predicted octanol–water partition coefficient (Wildman–Crippen LogP) is 6.93. The molecule has 0 unspecified atom stereocenters. The number of allylic oxidation sites excluding steroid dienone is 1. The van der Waals surface area contributed by atoms with E-state index < -0.39 is 11.9 Å². The van der Waals surface area contributed by atoms with Crippen molar-refractivity contribution in [1.82, 2.24) is 0 Å². The summed E-state index contributed by atoms with van der Waals surface area (Å²) >= 11 is 0. The van der Waals surface area contributed by atoms with Crippen LogP contribution in [0.3, 0.4) is 0 Å². The van der Waals surface area contributed by atoms with Gasteiger partial charge in [-0.2, -0.15) is 0 Å². The second-order valence-electron chi connectivity index (χ2n) is 7.59. The number of carbonyl (C=O) groups is 2. The summed E-state index contributed by atoms with van der Waals surface area (Å²) in [5, 5.41) is 15.8. The van der Waals surface area contributed by atoms with Crippen molar-refractivity contribution in [2.75, 3.05) is 13.7 Å². The topological polar surface area (TPSA) is 93.1 Å². The Kier molecular flexibility index (Phi) is 25.7. The van der Waals surface area contributed by atoms with Crippen molar-refractivity contribution in [2.45, 2.75) is 117 Å². The molecule has 2 N–H and O–H groups in total. The van der Waals surface area contributed by atoms with Crippen molar-refractivity contribution in [3.05, 3.63) is 12.0 Å². The van der Waals surface area contributed by atoms with Crippen molar-refractivity contribution in [2.24, 2.45) is 0 Å². The predicted molar refractivity (Wildman–Crippen MR) is 122 cm³/mol. The summed E-state index contributed by atoms with van der Waals surface area (Å²) in [6, 6.07) is 0. The molecule has 30 heavy (non-hydrogen) atoms. The van der Waals surface area contributed by atoms with Gasteiger partial charge in [0, 0.05) is 6.42 Å². The Bertz CT molecular complexity index is 406. The van der Waals surface area contributed by atoms with E-state index in [2.05, 4.69) is 13.8 Å². The summed E-state index contributed by atoms with van der Waals surface area (Å²) in [6.45, 7) is 5.28. The number of carboxylic acid groups (broad SMARTS) is 2. The van der Waals surface area contributed by atoms with Crippen LogP contribution in [0.2, 0.25) is 0 Å². The molecule has 0 heterocycles. The Morgan fingerprint density at radius 1 is 0.667 bits per heavy atom. The van der Waals surface area contributed by atoms with Gasteiger partial charge in [0.25, 0.3) is 0 Å². The number of unbranched alkanes of at least 4 members (excludes halogenated alkanes) is 11. The number of carboxylic acids is 2. The molecule has 0 saturated carbocycles. The maximum absolute atomic E-state index is 9.64. The first-order valence-electron chi connectivity index (χ1n) is 11.8. The molecule has 0 aliphatic carbocycles. The molecule has 0 amide bonds. The van der Waals surface area contributed by atoms with Crippen LogP contribution < -0.4 is 0 Å². The average Bonchev–Trinajstić information content (AvgIpc) is 2.70. The minimum absolute atomic E-state index is 0.296. The molecule has 6 nitrogen and oxygen atoms in total. The number of aliphatic carboxylic acids is 2. The van der Waals surface area contributed by atoms with E-state index in [1.165, 1.54) is 77.0 Å². The molecule has 0 aromatic rings. The number of ether oxygens (including phenoxy) is 2. The highest BCUT2D eigenvalue weighted by Crippen LogP contribution is 2.13. The Labute approximate surface area is 184 Å². The van der Waals surface area contributed by atoms with E-state index in [0.717, 1.165) is 25.2 Å².